The van der Waals surface area contributed by atoms with Gasteiger partial charge in [-0.1, -0.05) is 0 Å². The molecule has 0 spiro atoms. The number of hydrogen-bond acceptors (Lipinski definition) is 7. The molecule has 2 rings (SSSR count). The molecule has 2 aliphatic heterocycles. The lowest BCUT2D eigenvalue weighted by Gasteiger charge is -2.21. The minimum atomic E-state index is -4.72. The van der Waals surface area contributed by atoms with E-state index in [1.807, 2.05) is 0 Å². The topological polar surface area (TPSA) is 108 Å². The van der Waals surface area contributed by atoms with Gasteiger partial charge in [0.1, 0.15) is 6.10 Å². The minimum Gasteiger partial charge on any atom is -0.448 e. The second-order valence-corrected chi connectivity index (χ2v) is 5.30. The van der Waals surface area contributed by atoms with E-state index in [0.717, 1.165) is 6.08 Å². The Labute approximate surface area is 103 Å². The van der Waals surface area contributed by atoms with Gasteiger partial charge in [-0.25, -0.2) is 4.79 Å². The molecule has 8 nitrogen and oxygen atoms in total. The van der Waals surface area contributed by atoms with Gasteiger partial charge in [-0.05, 0) is 13.8 Å². The number of carbonyl (C=O) groups excluding carboxylic acids is 1. The van der Waals surface area contributed by atoms with Crippen LogP contribution in [0.25, 0.3) is 0 Å². The lowest BCUT2D eigenvalue weighted by atomic mass is 10.2. The van der Waals surface area contributed by atoms with Gasteiger partial charge in [0.05, 0.1) is 12.7 Å². The lowest BCUT2D eigenvalue weighted by Crippen LogP contribution is -2.33. The highest BCUT2D eigenvalue weighted by molar-refractivity contribution is 7.81. The molecule has 0 radical (unpaired) electrons. The molecule has 0 bridgehead atoms. The van der Waals surface area contributed by atoms with Crippen molar-refractivity contribution < 1.29 is 36.2 Å². The van der Waals surface area contributed by atoms with Gasteiger partial charge in [0.2, 0.25) is 0 Å². The van der Waals surface area contributed by atoms with Gasteiger partial charge in [-0.3, -0.25) is 4.55 Å². The van der Waals surface area contributed by atoms with E-state index in [9.17, 15) is 13.2 Å². The minimum absolute atomic E-state index is 0.108. The van der Waals surface area contributed by atoms with Crippen molar-refractivity contribution in [1.82, 2.24) is 0 Å². The summed E-state index contributed by atoms with van der Waals surface area (Å²) >= 11 is 0. The van der Waals surface area contributed by atoms with Gasteiger partial charge in [-0.2, -0.15) is 8.42 Å². The molecule has 1 fully saturated rings. The summed E-state index contributed by atoms with van der Waals surface area (Å²) in [5, 5.41) is 0. The van der Waals surface area contributed by atoms with E-state index in [4.69, 9.17) is 18.8 Å². The highest BCUT2D eigenvalue weighted by Crippen LogP contribution is 2.31. The average Bonchev–Trinajstić information content (AvgIpc) is 2.67. The number of ether oxygens (including phenoxy) is 3. The number of carbonyl (C=O) groups is 1. The van der Waals surface area contributed by atoms with E-state index in [-0.39, 0.29) is 12.4 Å². The van der Waals surface area contributed by atoms with Crippen LogP contribution in [0.3, 0.4) is 0 Å². The summed E-state index contributed by atoms with van der Waals surface area (Å²) in [6, 6.07) is 0. The Bertz CT molecular complexity index is 491. The van der Waals surface area contributed by atoms with Crippen molar-refractivity contribution in [3.63, 3.8) is 0 Å². The van der Waals surface area contributed by atoms with Gasteiger partial charge in [-0.15, -0.1) is 0 Å². The normalized spacial score (nSPS) is 31.1. The SMILES string of the molecule is CC1(C)OCC(C2OC(=O)C=C2OS(=O)(=O)O)O1. The zero-order valence-electron chi connectivity index (χ0n) is 9.65. The molecule has 1 N–H and O–H groups in total. The van der Waals surface area contributed by atoms with Gasteiger partial charge < -0.3 is 18.4 Å². The molecule has 0 aromatic carbocycles. The average molecular weight is 280 g/mol. The molecule has 9 heteroatoms. The molecule has 0 amide bonds. The van der Waals surface area contributed by atoms with Crippen molar-refractivity contribution >= 4 is 16.4 Å². The van der Waals surface area contributed by atoms with Crippen LogP contribution < -0.4 is 0 Å². The van der Waals surface area contributed by atoms with Crippen LogP contribution in [0.5, 0.6) is 0 Å². The van der Waals surface area contributed by atoms with Crippen molar-refractivity contribution in [2.75, 3.05) is 6.61 Å². The first-order valence-corrected chi connectivity index (χ1v) is 6.44. The fraction of sp³-hybridized carbons (Fsp3) is 0.667. The number of cyclic esters (lactones) is 1. The van der Waals surface area contributed by atoms with Crippen LogP contribution in [0.2, 0.25) is 0 Å². The summed E-state index contributed by atoms with van der Waals surface area (Å²) in [6.07, 6.45) is -0.909. The highest BCUT2D eigenvalue weighted by Gasteiger charge is 2.45. The summed E-state index contributed by atoms with van der Waals surface area (Å²) in [6.45, 7) is 3.44. The van der Waals surface area contributed by atoms with Crippen molar-refractivity contribution in [3.05, 3.63) is 11.8 Å². The third-order valence-corrected chi connectivity index (χ3v) is 2.76. The summed E-state index contributed by atoms with van der Waals surface area (Å²) in [5.74, 6) is -1.95. The van der Waals surface area contributed by atoms with Crippen LogP contribution in [0, 0.1) is 0 Å². The first-order valence-electron chi connectivity index (χ1n) is 5.07. The smallest absolute Gasteiger partial charge is 0.446 e. The Morgan fingerprint density at radius 2 is 2.17 bits per heavy atom. The predicted octanol–water partition coefficient (Wildman–Crippen LogP) is -0.233. The Kier molecular flexibility index (Phi) is 3.09. The van der Waals surface area contributed by atoms with E-state index in [1.165, 1.54) is 0 Å². The third kappa shape index (κ3) is 2.99. The fourth-order valence-electron chi connectivity index (χ4n) is 1.73. The molecule has 0 aromatic rings. The van der Waals surface area contributed by atoms with E-state index in [1.54, 1.807) is 13.8 Å². The van der Waals surface area contributed by atoms with Crippen molar-refractivity contribution in [2.45, 2.75) is 31.8 Å². The maximum absolute atomic E-state index is 11.1. The van der Waals surface area contributed by atoms with E-state index in [2.05, 4.69) is 4.18 Å². The van der Waals surface area contributed by atoms with Gasteiger partial charge >= 0.3 is 16.4 Å². The molecule has 0 aromatic heterocycles. The van der Waals surface area contributed by atoms with Crippen molar-refractivity contribution in [2.24, 2.45) is 0 Å². The molecule has 18 heavy (non-hydrogen) atoms. The Balaban J connectivity index is 2.14. The molecule has 2 heterocycles. The number of hydrogen-bond donors (Lipinski definition) is 1. The molecule has 2 unspecified atom stereocenters. The van der Waals surface area contributed by atoms with Crippen molar-refractivity contribution in [3.8, 4) is 0 Å². The molecule has 1 saturated heterocycles. The van der Waals surface area contributed by atoms with Crippen LogP contribution >= 0.6 is 0 Å². The van der Waals surface area contributed by atoms with Crippen LogP contribution in [0.15, 0.2) is 11.8 Å². The van der Waals surface area contributed by atoms with Gasteiger partial charge in [0, 0.05) is 0 Å². The maximum atomic E-state index is 11.1. The number of rotatable bonds is 3. The zero-order valence-corrected chi connectivity index (χ0v) is 10.5. The quantitative estimate of drug-likeness (QED) is 0.557. The predicted molar refractivity (Wildman–Crippen MR) is 55.5 cm³/mol. The zero-order chi connectivity index (χ0) is 13.6. The highest BCUT2D eigenvalue weighted by atomic mass is 32.3. The second-order valence-electron chi connectivity index (χ2n) is 4.28. The molecule has 2 aliphatic rings. The Morgan fingerprint density at radius 1 is 1.50 bits per heavy atom. The molecule has 102 valence electrons. The van der Waals surface area contributed by atoms with E-state index >= 15 is 0 Å². The summed E-state index contributed by atoms with van der Waals surface area (Å²) in [5.41, 5.74) is 0. The summed E-state index contributed by atoms with van der Waals surface area (Å²) in [4.78, 5) is 11.1. The third-order valence-electron chi connectivity index (χ3n) is 2.35. The molecular weight excluding hydrogens is 268 g/mol. The van der Waals surface area contributed by atoms with E-state index < -0.39 is 34.4 Å². The van der Waals surface area contributed by atoms with Crippen molar-refractivity contribution in [1.29, 1.82) is 0 Å². The summed E-state index contributed by atoms with van der Waals surface area (Å²) in [7, 11) is -4.72. The number of esters is 1. The molecule has 0 saturated carbocycles. The summed E-state index contributed by atoms with van der Waals surface area (Å²) < 4.78 is 49.7. The van der Waals surface area contributed by atoms with Crippen LogP contribution in [-0.2, 0) is 33.6 Å². The maximum Gasteiger partial charge on any atom is 0.446 e. The van der Waals surface area contributed by atoms with Crippen LogP contribution in [0.1, 0.15) is 13.8 Å². The fourth-order valence-corrected chi connectivity index (χ4v) is 2.12. The molecular formula is C9H12O8S. The van der Waals surface area contributed by atoms with Gasteiger partial charge in [0.25, 0.3) is 0 Å². The molecule has 2 atom stereocenters. The second kappa shape index (κ2) is 4.19. The molecule has 0 aliphatic carbocycles. The Morgan fingerprint density at radius 3 is 2.67 bits per heavy atom. The first-order chi connectivity index (χ1) is 8.16. The first kappa shape index (κ1) is 13.3. The largest absolute Gasteiger partial charge is 0.448 e. The Hall–Kier alpha value is -1.16. The van der Waals surface area contributed by atoms with E-state index in [0.29, 0.717) is 0 Å². The van der Waals surface area contributed by atoms with Gasteiger partial charge in [0.15, 0.2) is 17.7 Å². The monoisotopic (exact) mass is 280 g/mol. The lowest BCUT2D eigenvalue weighted by molar-refractivity contribution is -0.161. The standard InChI is InChI=1S/C9H12O8S/c1-9(2)14-4-6(16-9)8-5(3-7(10)15-8)17-18(11,12)13/h3,6,8H,4H2,1-2H3,(H,11,12,13). The van der Waals surface area contributed by atoms with Crippen LogP contribution in [0.4, 0.5) is 0 Å². The van der Waals surface area contributed by atoms with Crippen LogP contribution in [-0.4, -0.2) is 43.5 Å².